The minimum absolute atomic E-state index is 0.124. The summed E-state index contributed by atoms with van der Waals surface area (Å²) in [5.74, 6) is 1.26. The van der Waals surface area contributed by atoms with Gasteiger partial charge in [0.1, 0.15) is 17.8 Å². The number of rotatable bonds is 13. The Labute approximate surface area is 185 Å². The van der Waals surface area contributed by atoms with Crippen LogP contribution >= 0.6 is 0 Å². The first-order valence-corrected chi connectivity index (χ1v) is 10.5. The monoisotopic (exact) mass is 435 g/mol. The van der Waals surface area contributed by atoms with Crippen LogP contribution in [0.15, 0.2) is 18.2 Å². The second-order valence-electron chi connectivity index (χ2n) is 8.42. The summed E-state index contributed by atoms with van der Waals surface area (Å²) in [7, 11) is 6.56. The zero-order valence-corrected chi connectivity index (χ0v) is 19.8. The Morgan fingerprint density at radius 2 is 1.90 bits per heavy atom. The Bertz CT molecular complexity index is 753. The number of hydrogen-bond acceptors (Lipinski definition) is 6. The van der Waals surface area contributed by atoms with Crippen LogP contribution < -0.4 is 20.1 Å². The molecule has 31 heavy (non-hydrogen) atoms. The van der Waals surface area contributed by atoms with E-state index in [2.05, 4.69) is 10.6 Å². The molecule has 0 saturated heterocycles. The molecule has 1 rings (SSSR count). The molecule has 1 aromatic rings. The number of amides is 2. The number of ether oxygens (including phenoxy) is 2. The zero-order chi connectivity index (χ0) is 23.6. The van der Waals surface area contributed by atoms with Crippen LogP contribution in [0.2, 0.25) is 0 Å². The molecule has 2 atom stereocenters. The molecule has 0 aliphatic rings. The number of benzene rings is 1. The smallest absolute Gasteiger partial charge is 0.237 e. The number of likely N-dealkylation sites (N-methyl/N-ethyl adjacent to an activating group) is 1. The van der Waals surface area contributed by atoms with Crippen molar-refractivity contribution in [1.82, 2.24) is 15.5 Å². The lowest BCUT2D eigenvalue weighted by molar-refractivity contribution is -0.132. The van der Waals surface area contributed by atoms with Crippen molar-refractivity contribution in [3.63, 3.8) is 0 Å². The summed E-state index contributed by atoms with van der Waals surface area (Å²) in [5.41, 5.74) is -0.270. The third-order valence-corrected chi connectivity index (χ3v) is 5.23. The number of methoxy groups -OCH3 is 2. The highest BCUT2D eigenvalue weighted by Gasteiger charge is 2.30. The molecule has 174 valence electrons. The summed E-state index contributed by atoms with van der Waals surface area (Å²) in [5, 5.41) is 5.79. The third kappa shape index (κ3) is 8.20. The molecule has 0 saturated carbocycles. The van der Waals surface area contributed by atoms with E-state index in [4.69, 9.17) is 9.47 Å². The van der Waals surface area contributed by atoms with Gasteiger partial charge in [-0.15, -0.1) is 0 Å². The van der Waals surface area contributed by atoms with E-state index in [1.54, 1.807) is 46.2 Å². The summed E-state index contributed by atoms with van der Waals surface area (Å²) in [6.45, 7) is 6.05. The Morgan fingerprint density at radius 3 is 2.42 bits per heavy atom. The quantitative estimate of drug-likeness (QED) is 0.461. The summed E-state index contributed by atoms with van der Waals surface area (Å²) >= 11 is 0. The molecule has 8 heteroatoms. The van der Waals surface area contributed by atoms with Gasteiger partial charge in [-0.25, -0.2) is 0 Å². The first-order chi connectivity index (χ1) is 14.6. The van der Waals surface area contributed by atoms with Gasteiger partial charge in [-0.05, 0) is 44.9 Å². The lowest BCUT2D eigenvalue weighted by Gasteiger charge is -2.28. The molecule has 1 unspecified atom stereocenters. The maximum absolute atomic E-state index is 12.7. The van der Waals surface area contributed by atoms with Crippen LogP contribution in [0.25, 0.3) is 0 Å². The third-order valence-electron chi connectivity index (χ3n) is 5.23. The van der Waals surface area contributed by atoms with Crippen molar-refractivity contribution in [2.24, 2.45) is 5.92 Å². The van der Waals surface area contributed by atoms with Gasteiger partial charge in [-0.2, -0.15) is 0 Å². The average Bonchev–Trinajstić information content (AvgIpc) is 2.75. The van der Waals surface area contributed by atoms with E-state index < -0.39 is 5.54 Å². The molecule has 0 aromatic heterocycles. The second-order valence-corrected chi connectivity index (χ2v) is 8.42. The van der Waals surface area contributed by atoms with E-state index in [1.807, 2.05) is 26.0 Å². The Kier molecular flexibility index (Phi) is 10.5. The van der Waals surface area contributed by atoms with E-state index >= 15 is 0 Å². The minimum Gasteiger partial charge on any atom is -0.497 e. The van der Waals surface area contributed by atoms with Crippen LogP contribution in [0.4, 0.5) is 0 Å². The van der Waals surface area contributed by atoms with E-state index in [9.17, 15) is 14.4 Å². The van der Waals surface area contributed by atoms with Crippen LogP contribution in [0.5, 0.6) is 11.5 Å². The summed E-state index contributed by atoms with van der Waals surface area (Å²) in [6, 6.07) is 5.04. The minimum atomic E-state index is -1.11. The molecular formula is C23H37N3O5. The fraction of sp³-hybridized carbons (Fsp3) is 0.609. The lowest BCUT2D eigenvalue weighted by Crippen LogP contribution is -2.54. The number of carbonyl (C=O) groups excluding carboxylic acids is 3. The first-order valence-electron chi connectivity index (χ1n) is 10.5. The van der Waals surface area contributed by atoms with Gasteiger partial charge < -0.3 is 29.8 Å². The molecule has 0 aliphatic heterocycles. The average molecular weight is 436 g/mol. The van der Waals surface area contributed by atoms with Gasteiger partial charge in [0.2, 0.25) is 11.8 Å². The SMILES string of the molecule is CN[C@@H](CC(C)C)C(=O)NC(C)(C=O)CCC(=O)N(C)Cc1ccc(OC)cc1OC. The normalized spacial score (nSPS) is 13.8. The molecule has 2 N–H and O–H groups in total. The van der Waals surface area contributed by atoms with Gasteiger partial charge in [0.15, 0.2) is 0 Å². The van der Waals surface area contributed by atoms with Crippen molar-refractivity contribution in [2.45, 2.75) is 58.2 Å². The van der Waals surface area contributed by atoms with Crippen molar-refractivity contribution in [3.8, 4) is 11.5 Å². The maximum Gasteiger partial charge on any atom is 0.237 e. The molecule has 0 bridgehead atoms. The van der Waals surface area contributed by atoms with Gasteiger partial charge in [-0.1, -0.05) is 13.8 Å². The molecule has 0 spiro atoms. The van der Waals surface area contributed by atoms with E-state index in [1.165, 1.54) is 0 Å². The number of carbonyl (C=O) groups is 3. The van der Waals surface area contributed by atoms with Crippen LogP contribution in [-0.2, 0) is 20.9 Å². The fourth-order valence-electron chi connectivity index (χ4n) is 3.23. The molecule has 2 amide bonds. The molecule has 0 aliphatic carbocycles. The predicted octanol–water partition coefficient (Wildman–Crippen LogP) is 2.15. The topological polar surface area (TPSA) is 97.0 Å². The van der Waals surface area contributed by atoms with Gasteiger partial charge >= 0.3 is 0 Å². The highest BCUT2D eigenvalue weighted by Crippen LogP contribution is 2.25. The van der Waals surface area contributed by atoms with Crippen LogP contribution in [0.1, 0.15) is 45.6 Å². The second kappa shape index (κ2) is 12.3. The van der Waals surface area contributed by atoms with Crippen LogP contribution in [0, 0.1) is 5.92 Å². The Morgan fingerprint density at radius 1 is 1.23 bits per heavy atom. The highest BCUT2D eigenvalue weighted by molar-refractivity contribution is 5.86. The number of nitrogens with zero attached hydrogens (tertiary/aromatic N) is 1. The molecule has 1 aromatic carbocycles. The van der Waals surface area contributed by atoms with Crippen LogP contribution in [-0.4, -0.2) is 62.9 Å². The number of nitrogens with one attached hydrogen (secondary N) is 2. The van der Waals surface area contributed by atoms with E-state index in [-0.39, 0.29) is 30.7 Å². The fourth-order valence-corrected chi connectivity index (χ4v) is 3.23. The predicted molar refractivity (Wildman–Crippen MR) is 120 cm³/mol. The number of hydrogen-bond donors (Lipinski definition) is 2. The van der Waals surface area contributed by atoms with Gasteiger partial charge in [0.25, 0.3) is 0 Å². The van der Waals surface area contributed by atoms with Gasteiger partial charge in [-0.3, -0.25) is 9.59 Å². The van der Waals surface area contributed by atoms with Crippen molar-refractivity contribution in [3.05, 3.63) is 23.8 Å². The van der Waals surface area contributed by atoms with Crippen LogP contribution in [0.3, 0.4) is 0 Å². The molecule has 0 radical (unpaired) electrons. The Hall–Kier alpha value is -2.61. The van der Waals surface area contributed by atoms with Crippen molar-refractivity contribution < 1.29 is 23.9 Å². The molecule has 0 heterocycles. The summed E-state index contributed by atoms with van der Waals surface area (Å²) in [6.07, 6.45) is 1.69. The zero-order valence-electron chi connectivity index (χ0n) is 19.8. The van der Waals surface area contributed by atoms with Crippen molar-refractivity contribution in [2.75, 3.05) is 28.3 Å². The highest BCUT2D eigenvalue weighted by atomic mass is 16.5. The summed E-state index contributed by atoms with van der Waals surface area (Å²) < 4.78 is 10.6. The molecule has 8 nitrogen and oxygen atoms in total. The van der Waals surface area contributed by atoms with Gasteiger partial charge in [0, 0.05) is 31.6 Å². The van der Waals surface area contributed by atoms with E-state index in [0.717, 1.165) is 5.56 Å². The lowest BCUT2D eigenvalue weighted by atomic mass is 9.95. The van der Waals surface area contributed by atoms with Crippen molar-refractivity contribution >= 4 is 18.1 Å². The molecule has 0 fully saturated rings. The van der Waals surface area contributed by atoms with Gasteiger partial charge in [0.05, 0.1) is 25.8 Å². The molecular weight excluding hydrogens is 398 g/mol. The Balaban J connectivity index is 2.73. The van der Waals surface area contributed by atoms with Crippen molar-refractivity contribution in [1.29, 1.82) is 0 Å². The maximum atomic E-state index is 12.7. The number of aldehydes is 1. The largest absolute Gasteiger partial charge is 0.497 e. The summed E-state index contributed by atoms with van der Waals surface area (Å²) in [4.78, 5) is 38.5. The first kappa shape index (κ1) is 26.4. The standard InChI is InChI=1S/C23H37N3O5/c1-16(2)12-19(24-4)22(29)25-23(3,15-27)11-10-21(28)26(5)14-17-8-9-18(30-6)13-20(17)31-7/h8-9,13,15-16,19,24H,10-12,14H2,1-7H3,(H,25,29)/t19-,23?/m0/s1. The van der Waals surface area contributed by atoms with E-state index in [0.29, 0.717) is 36.7 Å².